The van der Waals surface area contributed by atoms with E-state index in [-0.39, 0.29) is 12.6 Å². The van der Waals surface area contributed by atoms with Gasteiger partial charge in [0.1, 0.15) is 6.61 Å². The second-order valence-electron chi connectivity index (χ2n) is 10.6. The van der Waals surface area contributed by atoms with Gasteiger partial charge in [0, 0.05) is 6.42 Å². The molecular weight excluding hydrogens is 532 g/mol. The molecule has 0 aliphatic heterocycles. The van der Waals surface area contributed by atoms with Crippen LogP contribution in [0.3, 0.4) is 0 Å². The Labute approximate surface area is 263 Å². The van der Waals surface area contributed by atoms with Crippen LogP contribution in [-0.4, -0.2) is 23.7 Å². The van der Waals surface area contributed by atoms with Crippen LogP contribution >= 0.6 is 0 Å². The van der Waals surface area contributed by atoms with Crippen molar-refractivity contribution < 1.29 is 19.4 Å². The lowest BCUT2D eigenvalue weighted by molar-refractivity contribution is -0.151. The third-order valence-corrected chi connectivity index (χ3v) is 6.65. The highest BCUT2D eigenvalue weighted by molar-refractivity contribution is 5.72. The van der Waals surface area contributed by atoms with Crippen molar-refractivity contribution in [2.24, 2.45) is 5.92 Å². The molecule has 0 aromatic carbocycles. The molecule has 0 bridgehead atoms. The molecule has 0 amide bonds. The number of carbonyl (C=O) groups excluding carboxylic acids is 1. The van der Waals surface area contributed by atoms with Crippen molar-refractivity contribution >= 4 is 11.9 Å². The molecule has 240 valence electrons. The summed E-state index contributed by atoms with van der Waals surface area (Å²) in [5.41, 5.74) is 0. The monoisotopic (exact) mass is 592 g/mol. The lowest BCUT2D eigenvalue weighted by Crippen LogP contribution is -2.21. The summed E-state index contributed by atoms with van der Waals surface area (Å²) in [6.45, 7) is 4.31. The molecule has 1 N–H and O–H groups in total. The Hall–Kier alpha value is -3.14. The van der Waals surface area contributed by atoms with E-state index in [1.165, 1.54) is 25.7 Å². The van der Waals surface area contributed by atoms with Crippen molar-refractivity contribution in [3.05, 3.63) is 97.2 Å². The number of hydrogen-bond acceptors (Lipinski definition) is 3. The maximum Gasteiger partial charge on any atom is 0.309 e. The first-order valence-corrected chi connectivity index (χ1v) is 16.7. The van der Waals surface area contributed by atoms with E-state index in [0.717, 1.165) is 64.2 Å². The first-order valence-electron chi connectivity index (χ1n) is 16.7. The lowest BCUT2D eigenvalue weighted by Gasteiger charge is -2.11. The minimum atomic E-state index is -0.915. The Morgan fingerprint density at radius 2 is 0.977 bits per heavy atom. The number of esters is 1. The molecule has 0 rings (SSSR count). The second kappa shape index (κ2) is 33.4. The Bertz CT molecular complexity index is 898. The average Bonchev–Trinajstić information content (AvgIpc) is 3.00. The van der Waals surface area contributed by atoms with Gasteiger partial charge in [-0.3, -0.25) is 9.59 Å². The van der Waals surface area contributed by atoms with Gasteiger partial charge in [-0.2, -0.15) is 0 Å². The van der Waals surface area contributed by atoms with Crippen LogP contribution in [0.1, 0.15) is 123 Å². The van der Waals surface area contributed by atoms with Crippen LogP contribution in [0.2, 0.25) is 0 Å². The first-order chi connectivity index (χ1) is 21.1. The highest BCUT2D eigenvalue weighted by atomic mass is 16.5. The van der Waals surface area contributed by atoms with E-state index in [0.29, 0.717) is 19.3 Å². The van der Waals surface area contributed by atoms with E-state index >= 15 is 0 Å². The second-order valence-corrected chi connectivity index (χ2v) is 10.6. The fourth-order valence-corrected chi connectivity index (χ4v) is 4.03. The van der Waals surface area contributed by atoms with Gasteiger partial charge < -0.3 is 9.84 Å². The average molecular weight is 593 g/mol. The molecule has 4 heteroatoms. The van der Waals surface area contributed by atoms with Gasteiger partial charge in [-0.05, 0) is 89.9 Å². The highest BCUT2D eigenvalue weighted by Gasteiger charge is 2.18. The third kappa shape index (κ3) is 31.6. The molecule has 0 heterocycles. The van der Waals surface area contributed by atoms with Gasteiger partial charge in [-0.15, -0.1) is 0 Å². The van der Waals surface area contributed by atoms with E-state index in [4.69, 9.17) is 4.74 Å². The SMILES string of the molecule is CC/C=C\C/C=C\C/C=C\C/C=C\C/C=C\CCC(COC(=O)CCCC/C=C\C/C=C\C/C=C\CCCCC)C(=O)O. The fourth-order valence-electron chi connectivity index (χ4n) is 4.03. The van der Waals surface area contributed by atoms with Crippen molar-refractivity contribution in [3.8, 4) is 0 Å². The largest absolute Gasteiger partial charge is 0.481 e. The summed E-state index contributed by atoms with van der Waals surface area (Å²) < 4.78 is 5.26. The van der Waals surface area contributed by atoms with E-state index < -0.39 is 11.9 Å². The maximum atomic E-state index is 12.0. The third-order valence-electron chi connectivity index (χ3n) is 6.65. The van der Waals surface area contributed by atoms with Crippen LogP contribution in [0.25, 0.3) is 0 Å². The van der Waals surface area contributed by atoms with Gasteiger partial charge in [0.2, 0.25) is 0 Å². The standard InChI is InChI=1S/C39H60O4/c1-3-5-7-9-11-13-15-17-19-21-22-24-26-28-30-32-34-37(39(41)42)36-43-38(40)35-33-31-29-27-25-23-20-18-16-14-12-10-8-6-4-2/h5,7,11-14,17-20,22,24-25,27-28,30,37H,3-4,6,8-10,15-16,21,23,26,29,31-36H2,1-2H3,(H,41,42)/b7-5-,13-11-,14-12-,19-17-,20-18-,24-22-,27-25-,30-28-. The smallest absolute Gasteiger partial charge is 0.309 e. The van der Waals surface area contributed by atoms with Crippen LogP contribution in [0, 0.1) is 5.92 Å². The maximum absolute atomic E-state index is 12.0. The molecule has 1 unspecified atom stereocenters. The fraction of sp³-hybridized carbons (Fsp3) is 0.538. The number of unbranched alkanes of at least 4 members (excludes halogenated alkanes) is 5. The molecule has 1 atom stereocenters. The zero-order chi connectivity index (χ0) is 31.5. The predicted molar refractivity (Wildman–Crippen MR) is 185 cm³/mol. The number of aliphatic carboxylic acids is 1. The Morgan fingerprint density at radius 3 is 1.42 bits per heavy atom. The summed E-state index contributed by atoms with van der Waals surface area (Å²) in [6.07, 6.45) is 50.4. The molecule has 0 spiro atoms. The number of carbonyl (C=O) groups is 2. The molecule has 0 fully saturated rings. The zero-order valence-electron chi connectivity index (χ0n) is 27.2. The normalized spacial score (nSPS) is 13.5. The summed E-state index contributed by atoms with van der Waals surface area (Å²) in [4.78, 5) is 23.6. The van der Waals surface area contributed by atoms with Crippen LogP contribution in [0.5, 0.6) is 0 Å². The Kier molecular flexibility index (Phi) is 30.9. The number of carboxylic acid groups (broad SMARTS) is 1. The highest BCUT2D eigenvalue weighted by Crippen LogP contribution is 2.11. The predicted octanol–water partition coefficient (Wildman–Crippen LogP) is 11.4. The molecule has 0 aliphatic carbocycles. The van der Waals surface area contributed by atoms with Gasteiger partial charge >= 0.3 is 11.9 Å². The minimum absolute atomic E-state index is 0.0565. The number of ether oxygens (including phenoxy) is 1. The quantitative estimate of drug-likeness (QED) is 0.0557. The molecule has 43 heavy (non-hydrogen) atoms. The number of allylic oxidation sites excluding steroid dienone is 16. The molecule has 0 aromatic rings. The van der Waals surface area contributed by atoms with Gasteiger partial charge in [0.05, 0.1) is 5.92 Å². The van der Waals surface area contributed by atoms with Crippen molar-refractivity contribution in [2.45, 2.75) is 123 Å². The molecule has 4 nitrogen and oxygen atoms in total. The van der Waals surface area contributed by atoms with Gasteiger partial charge in [-0.25, -0.2) is 0 Å². The van der Waals surface area contributed by atoms with E-state index in [1.807, 2.05) is 6.08 Å². The molecule has 0 saturated carbocycles. The van der Waals surface area contributed by atoms with Crippen LogP contribution in [-0.2, 0) is 14.3 Å². The zero-order valence-corrected chi connectivity index (χ0v) is 27.2. The Balaban J connectivity index is 3.87. The summed E-state index contributed by atoms with van der Waals surface area (Å²) in [5.74, 6) is -1.89. The number of rotatable bonds is 28. The first kappa shape index (κ1) is 39.9. The van der Waals surface area contributed by atoms with E-state index in [2.05, 4.69) is 105 Å². The summed E-state index contributed by atoms with van der Waals surface area (Å²) in [6, 6.07) is 0. The van der Waals surface area contributed by atoms with Crippen LogP contribution < -0.4 is 0 Å². The van der Waals surface area contributed by atoms with Gasteiger partial charge in [0.25, 0.3) is 0 Å². The molecule has 0 radical (unpaired) electrons. The van der Waals surface area contributed by atoms with E-state index in [9.17, 15) is 14.7 Å². The Morgan fingerprint density at radius 1 is 0.558 bits per heavy atom. The number of hydrogen-bond donors (Lipinski definition) is 1. The minimum Gasteiger partial charge on any atom is -0.481 e. The topological polar surface area (TPSA) is 63.6 Å². The van der Waals surface area contributed by atoms with Crippen molar-refractivity contribution in [1.82, 2.24) is 0 Å². The van der Waals surface area contributed by atoms with Crippen molar-refractivity contribution in [2.75, 3.05) is 6.61 Å². The van der Waals surface area contributed by atoms with E-state index in [1.54, 1.807) is 0 Å². The molecule has 0 saturated heterocycles. The molecule has 0 aliphatic rings. The van der Waals surface area contributed by atoms with Crippen molar-refractivity contribution in [3.63, 3.8) is 0 Å². The van der Waals surface area contributed by atoms with Crippen LogP contribution in [0.15, 0.2) is 97.2 Å². The van der Waals surface area contributed by atoms with Gasteiger partial charge in [-0.1, -0.05) is 124 Å². The molecular formula is C39H60O4. The summed E-state index contributed by atoms with van der Waals surface area (Å²) in [7, 11) is 0. The van der Waals surface area contributed by atoms with Crippen molar-refractivity contribution in [1.29, 1.82) is 0 Å². The summed E-state index contributed by atoms with van der Waals surface area (Å²) >= 11 is 0. The lowest BCUT2D eigenvalue weighted by atomic mass is 10.0. The number of carboxylic acids is 1. The molecule has 0 aromatic heterocycles. The van der Waals surface area contributed by atoms with Crippen LogP contribution in [0.4, 0.5) is 0 Å². The van der Waals surface area contributed by atoms with Gasteiger partial charge in [0.15, 0.2) is 0 Å². The summed E-state index contributed by atoms with van der Waals surface area (Å²) in [5, 5.41) is 9.47.